The monoisotopic (exact) mass is 863 g/mol. The van der Waals surface area contributed by atoms with Crippen LogP contribution in [0, 0.1) is 0 Å². The molecule has 6 nitrogen and oxygen atoms in total. The Hall–Kier alpha value is -3.41. The zero-order valence-corrected chi connectivity index (χ0v) is 40.4. The van der Waals surface area contributed by atoms with E-state index in [0.717, 1.165) is 83.5 Å². The number of hydrogen-bond acceptors (Lipinski definition) is 6. The van der Waals surface area contributed by atoms with Crippen LogP contribution in [0.4, 0.5) is 0 Å². The minimum atomic E-state index is -0.805. The third kappa shape index (κ3) is 47.6. The van der Waals surface area contributed by atoms with Crippen molar-refractivity contribution in [3.05, 3.63) is 85.1 Å². The van der Waals surface area contributed by atoms with E-state index in [1.165, 1.54) is 109 Å². The first-order valence-electron chi connectivity index (χ1n) is 25.7. The number of unbranched alkanes of at least 4 members (excludes halogenated alkanes) is 24. The average Bonchev–Trinajstić information content (AvgIpc) is 3.27. The van der Waals surface area contributed by atoms with Crippen molar-refractivity contribution < 1.29 is 28.6 Å². The molecule has 0 saturated heterocycles. The minimum absolute atomic E-state index is 0.105. The number of hydrogen-bond donors (Lipinski definition) is 0. The van der Waals surface area contributed by atoms with E-state index in [2.05, 4.69) is 69.4 Å². The van der Waals surface area contributed by atoms with Crippen molar-refractivity contribution in [2.24, 2.45) is 0 Å². The zero-order chi connectivity index (χ0) is 45.1. The first-order valence-corrected chi connectivity index (χ1v) is 25.7. The maximum atomic E-state index is 12.8. The molecule has 0 aromatic rings. The Morgan fingerprint density at radius 3 is 1.08 bits per heavy atom. The van der Waals surface area contributed by atoms with Gasteiger partial charge in [0, 0.05) is 19.3 Å². The Labute approximate surface area is 382 Å². The molecular formula is C56H94O6. The van der Waals surface area contributed by atoms with Gasteiger partial charge in [-0.1, -0.05) is 209 Å². The average molecular weight is 863 g/mol. The van der Waals surface area contributed by atoms with Gasteiger partial charge >= 0.3 is 17.9 Å². The van der Waals surface area contributed by atoms with Crippen molar-refractivity contribution in [3.8, 4) is 0 Å². The first kappa shape index (κ1) is 58.6. The van der Waals surface area contributed by atoms with E-state index >= 15 is 0 Å². The van der Waals surface area contributed by atoms with Gasteiger partial charge in [-0.05, 0) is 89.9 Å². The third-order valence-corrected chi connectivity index (χ3v) is 10.7. The van der Waals surface area contributed by atoms with Gasteiger partial charge in [0.25, 0.3) is 0 Å². The molecule has 0 aliphatic carbocycles. The molecule has 0 fully saturated rings. The smallest absolute Gasteiger partial charge is 0.306 e. The topological polar surface area (TPSA) is 78.9 Å². The summed E-state index contributed by atoms with van der Waals surface area (Å²) in [6, 6.07) is 0. The van der Waals surface area contributed by atoms with E-state index in [1.54, 1.807) is 0 Å². The number of rotatable bonds is 45. The fourth-order valence-corrected chi connectivity index (χ4v) is 6.85. The van der Waals surface area contributed by atoms with Gasteiger partial charge in [0.05, 0.1) is 0 Å². The Kier molecular flexibility index (Phi) is 47.5. The van der Waals surface area contributed by atoms with Crippen LogP contribution in [-0.4, -0.2) is 37.2 Å². The van der Waals surface area contributed by atoms with Crippen molar-refractivity contribution in [2.75, 3.05) is 13.2 Å². The molecule has 62 heavy (non-hydrogen) atoms. The molecule has 1 unspecified atom stereocenters. The van der Waals surface area contributed by atoms with Gasteiger partial charge in [-0.25, -0.2) is 0 Å². The Morgan fingerprint density at radius 1 is 0.339 bits per heavy atom. The highest BCUT2D eigenvalue weighted by atomic mass is 16.6. The predicted molar refractivity (Wildman–Crippen MR) is 265 cm³/mol. The van der Waals surface area contributed by atoms with Gasteiger partial charge in [-0.15, -0.1) is 0 Å². The van der Waals surface area contributed by atoms with E-state index in [0.29, 0.717) is 19.3 Å². The molecule has 0 N–H and O–H groups in total. The van der Waals surface area contributed by atoms with E-state index < -0.39 is 6.10 Å². The summed E-state index contributed by atoms with van der Waals surface area (Å²) in [6.07, 6.45) is 64.2. The summed E-state index contributed by atoms with van der Waals surface area (Å²) < 4.78 is 16.7. The Bertz CT molecular complexity index is 1220. The minimum Gasteiger partial charge on any atom is -0.462 e. The van der Waals surface area contributed by atoms with Crippen molar-refractivity contribution in [1.29, 1.82) is 0 Å². The molecular weight excluding hydrogens is 769 g/mol. The van der Waals surface area contributed by atoms with Gasteiger partial charge < -0.3 is 14.2 Å². The van der Waals surface area contributed by atoms with Gasteiger partial charge in [-0.3, -0.25) is 14.4 Å². The van der Waals surface area contributed by atoms with Gasteiger partial charge in [-0.2, -0.15) is 0 Å². The van der Waals surface area contributed by atoms with Crippen LogP contribution in [0.2, 0.25) is 0 Å². The van der Waals surface area contributed by atoms with E-state index in [9.17, 15) is 14.4 Å². The highest BCUT2D eigenvalue weighted by Gasteiger charge is 2.19. The molecule has 0 aromatic carbocycles. The summed E-state index contributed by atoms with van der Waals surface area (Å²) in [4.78, 5) is 37.9. The first-order chi connectivity index (χ1) is 30.5. The van der Waals surface area contributed by atoms with Crippen LogP contribution >= 0.6 is 0 Å². The molecule has 1 atom stereocenters. The molecule has 6 heteroatoms. The molecule has 0 aliphatic heterocycles. The van der Waals surface area contributed by atoms with Gasteiger partial charge in [0.15, 0.2) is 6.10 Å². The predicted octanol–water partition coefficient (Wildman–Crippen LogP) is 16.8. The summed E-state index contributed by atoms with van der Waals surface area (Å²) in [6.45, 7) is 6.41. The second-order valence-corrected chi connectivity index (χ2v) is 16.8. The lowest BCUT2D eigenvalue weighted by molar-refractivity contribution is -0.167. The second kappa shape index (κ2) is 50.2. The van der Waals surface area contributed by atoms with Gasteiger partial charge in [0.1, 0.15) is 13.2 Å². The van der Waals surface area contributed by atoms with Crippen molar-refractivity contribution in [2.45, 2.75) is 239 Å². The summed E-state index contributed by atoms with van der Waals surface area (Å²) in [7, 11) is 0. The maximum Gasteiger partial charge on any atom is 0.306 e. The molecule has 354 valence electrons. The molecule has 0 aromatic heterocycles. The molecule has 0 rings (SSSR count). The van der Waals surface area contributed by atoms with E-state index in [4.69, 9.17) is 14.2 Å². The van der Waals surface area contributed by atoms with Crippen LogP contribution in [0.5, 0.6) is 0 Å². The van der Waals surface area contributed by atoms with E-state index in [1.807, 2.05) is 36.5 Å². The summed E-state index contributed by atoms with van der Waals surface area (Å²) in [5.74, 6) is -0.975. The van der Waals surface area contributed by atoms with Crippen molar-refractivity contribution in [3.63, 3.8) is 0 Å². The number of allylic oxidation sites excluding steroid dienone is 14. The molecule has 0 radical (unpaired) electrons. The fraction of sp³-hybridized carbons (Fsp3) is 0.696. The van der Waals surface area contributed by atoms with Crippen LogP contribution in [-0.2, 0) is 28.6 Å². The lowest BCUT2D eigenvalue weighted by atomic mass is 10.1. The quantitative estimate of drug-likeness (QED) is 0.0199. The van der Waals surface area contributed by atoms with Gasteiger partial charge in [0.2, 0.25) is 0 Å². The van der Waals surface area contributed by atoms with Crippen LogP contribution < -0.4 is 0 Å². The van der Waals surface area contributed by atoms with Crippen LogP contribution in [0.15, 0.2) is 85.1 Å². The zero-order valence-electron chi connectivity index (χ0n) is 40.4. The number of carbonyl (C=O) groups is 3. The Morgan fingerprint density at radius 2 is 0.645 bits per heavy atom. The molecule has 0 heterocycles. The molecule has 0 bridgehead atoms. The summed E-state index contributed by atoms with van der Waals surface area (Å²) in [5.41, 5.74) is 0. The molecule has 0 aliphatic rings. The van der Waals surface area contributed by atoms with Crippen LogP contribution in [0.3, 0.4) is 0 Å². The third-order valence-electron chi connectivity index (χ3n) is 10.7. The normalized spacial score (nSPS) is 12.8. The van der Waals surface area contributed by atoms with Crippen LogP contribution in [0.1, 0.15) is 233 Å². The highest BCUT2D eigenvalue weighted by Crippen LogP contribution is 2.14. The number of esters is 3. The molecule has 0 saturated carbocycles. The maximum absolute atomic E-state index is 12.8. The van der Waals surface area contributed by atoms with Crippen molar-refractivity contribution in [1.82, 2.24) is 0 Å². The highest BCUT2D eigenvalue weighted by molar-refractivity contribution is 5.71. The summed E-state index contributed by atoms with van der Waals surface area (Å²) >= 11 is 0. The Balaban J connectivity index is 4.49. The largest absolute Gasteiger partial charge is 0.462 e. The molecule has 0 spiro atoms. The SMILES string of the molecule is CC\C=C/C=C\C=C/C=C\CCCCCC(=O)OCC(COC(=O)CCCCC/C=C\C=C/CCCCCCCCC)OC(=O)CCCCCCCCC/C=C\CCCCCC. The number of carbonyl (C=O) groups excluding carboxylic acids is 3. The van der Waals surface area contributed by atoms with Crippen molar-refractivity contribution >= 4 is 17.9 Å². The van der Waals surface area contributed by atoms with E-state index in [-0.39, 0.29) is 31.1 Å². The lowest BCUT2D eigenvalue weighted by Crippen LogP contribution is -2.30. The van der Waals surface area contributed by atoms with Crippen LogP contribution in [0.25, 0.3) is 0 Å². The lowest BCUT2D eigenvalue weighted by Gasteiger charge is -2.18. The summed E-state index contributed by atoms with van der Waals surface area (Å²) in [5, 5.41) is 0. The second-order valence-electron chi connectivity index (χ2n) is 16.8. The molecule has 0 amide bonds. The number of ether oxygens (including phenoxy) is 3. The fourth-order valence-electron chi connectivity index (χ4n) is 6.85. The standard InChI is InChI=1S/C56H94O6/c1-4-7-10-13-16-19-22-25-27-29-31-34-37-40-43-46-49-55(58)61-52-53(51-60-54(57)48-45-42-39-36-33-30-24-21-18-15-12-9-6-3)62-56(59)50-47-44-41-38-35-32-28-26-23-20-17-14-11-8-5-2/h9,12,15,18,20-21,23-24,27,29-31,33-34,53H,4-8,10-11,13-14,16-17,19,22,25-26,28,32,35-52H2,1-3H3/b12-9-,18-15-,23-20-,24-21-,29-27-,33-30-,34-31-.